The van der Waals surface area contributed by atoms with E-state index in [0.717, 1.165) is 6.07 Å². The maximum absolute atomic E-state index is 12.9. The zero-order valence-electron chi connectivity index (χ0n) is 8.92. The van der Waals surface area contributed by atoms with Crippen molar-refractivity contribution in [3.63, 3.8) is 0 Å². The van der Waals surface area contributed by atoms with Gasteiger partial charge in [-0.2, -0.15) is 0 Å². The predicted molar refractivity (Wildman–Crippen MR) is 61.7 cm³/mol. The van der Waals surface area contributed by atoms with Crippen molar-refractivity contribution in [3.8, 4) is 0 Å². The SMILES string of the molecule is CCOC(=O)NNC(=O)c1cc(F)ccc1Br. The maximum atomic E-state index is 12.9. The first-order valence-electron chi connectivity index (χ1n) is 4.72. The zero-order chi connectivity index (χ0) is 12.8. The zero-order valence-corrected chi connectivity index (χ0v) is 10.5. The molecule has 0 aromatic heterocycles. The molecule has 0 saturated carbocycles. The number of hydrazine groups is 1. The third-order valence-corrected chi connectivity index (χ3v) is 2.42. The van der Waals surface area contributed by atoms with Gasteiger partial charge in [0.2, 0.25) is 0 Å². The van der Waals surface area contributed by atoms with E-state index in [1.165, 1.54) is 12.1 Å². The lowest BCUT2D eigenvalue weighted by Crippen LogP contribution is -2.42. The fraction of sp³-hybridized carbons (Fsp3) is 0.200. The Hall–Kier alpha value is -1.63. The Morgan fingerprint density at radius 2 is 2.12 bits per heavy atom. The Morgan fingerprint density at radius 3 is 2.76 bits per heavy atom. The molecular formula is C10H10BrFN2O3. The fourth-order valence-corrected chi connectivity index (χ4v) is 1.44. The topological polar surface area (TPSA) is 67.4 Å². The van der Waals surface area contributed by atoms with Crippen LogP contribution in [-0.2, 0) is 4.74 Å². The molecule has 1 rings (SSSR count). The van der Waals surface area contributed by atoms with Crippen molar-refractivity contribution in [3.05, 3.63) is 34.1 Å². The van der Waals surface area contributed by atoms with Crippen LogP contribution in [0.1, 0.15) is 17.3 Å². The van der Waals surface area contributed by atoms with E-state index in [1.807, 2.05) is 5.43 Å². The van der Waals surface area contributed by atoms with Gasteiger partial charge in [-0.15, -0.1) is 0 Å². The molecule has 0 aliphatic carbocycles. The van der Waals surface area contributed by atoms with Crippen LogP contribution in [0.5, 0.6) is 0 Å². The molecule has 0 fully saturated rings. The Balaban J connectivity index is 2.64. The molecule has 5 nitrogen and oxygen atoms in total. The summed E-state index contributed by atoms with van der Waals surface area (Å²) in [6, 6.07) is 3.65. The van der Waals surface area contributed by atoms with Gasteiger partial charge in [0.25, 0.3) is 5.91 Å². The average Bonchev–Trinajstić information content (AvgIpc) is 2.29. The molecule has 0 saturated heterocycles. The third-order valence-electron chi connectivity index (χ3n) is 1.73. The standard InChI is InChI=1S/C10H10BrFN2O3/c1-2-17-10(16)14-13-9(15)7-5-6(12)3-4-8(7)11/h3-5H,2H2,1H3,(H,13,15)(H,14,16). The second kappa shape index (κ2) is 6.19. The highest BCUT2D eigenvalue weighted by Crippen LogP contribution is 2.17. The second-order valence-electron chi connectivity index (χ2n) is 2.92. The van der Waals surface area contributed by atoms with Gasteiger partial charge in [0.15, 0.2) is 0 Å². The van der Waals surface area contributed by atoms with Crippen LogP contribution in [0, 0.1) is 5.82 Å². The van der Waals surface area contributed by atoms with Crippen LogP contribution in [0.15, 0.2) is 22.7 Å². The van der Waals surface area contributed by atoms with Crippen molar-refractivity contribution in [2.45, 2.75) is 6.92 Å². The van der Waals surface area contributed by atoms with E-state index in [1.54, 1.807) is 6.92 Å². The first-order valence-corrected chi connectivity index (χ1v) is 5.52. The van der Waals surface area contributed by atoms with E-state index in [9.17, 15) is 14.0 Å². The van der Waals surface area contributed by atoms with Crippen LogP contribution in [0.25, 0.3) is 0 Å². The largest absolute Gasteiger partial charge is 0.449 e. The lowest BCUT2D eigenvalue weighted by atomic mass is 10.2. The van der Waals surface area contributed by atoms with Crippen LogP contribution in [0.3, 0.4) is 0 Å². The summed E-state index contributed by atoms with van der Waals surface area (Å²) in [7, 11) is 0. The number of nitrogens with one attached hydrogen (secondary N) is 2. The van der Waals surface area contributed by atoms with Gasteiger partial charge in [-0.3, -0.25) is 10.2 Å². The average molecular weight is 305 g/mol. The Morgan fingerprint density at radius 1 is 1.41 bits per heavy atom. The summed E-state index contributed by atoms with van der Waals surface area (Å²) in [5.41, 5.74) is 4.19. The van der Waals surface area contributed by atoms with Crippen molar-refractivity contribution in [2.75, 3.05) is 6.61 Å². The summed E-state index contributed by atoms with van der Waals surface area (Å²) < 4.78 is 17.9. The summed E-state index contributed by atoms with van der Waals surface area (Å²) in [5, 5.41) is 0. The summed E-state index contributed by atoms with van der Waals surface area (Å²) >= 11 is 3.10. The molecule has 0 radical (unpaired) electrons. The molecule has 0 bridgehead atoms. The molecule has 1 aromatic rings. The summed E-state index contributed by atoms with van der Waals surface area (Å²) in [5.74, 6) is -1.20. The monoisotopic (exact) mass is 304 g/mol. The Labute approximate surface area is 105 Å². The van der Waals surface area contributed by atoms with Crippen molar-refractivity contribution in [1.82, 2.24) is 10.9 Å². The van der Waals surface area contributed by atoms with E-state index in [4.69, 9.17) is 0 Å². The van der Waals surface area contributed by atoms with Crippen molar-refractivity contribution in [2.24, 2.45) is 0 Å². The quantitative estimate of drug-likeness (QED) is 0.821. The Bertz CT molecular complexity index is 440. The molecule has 92 valence electrons. The highest BCUT2D eigenvalue weighted by atomic mass is 79.9. The lowest BCUT2D eigenvalue weighted by molar-refractivity contribution is 0.0911. The number of rotatable bonds is 2. The first-order chi connectivity index (χ1) is 8.04. The Kier molecular flexibility index (Phi) is 4.89. The van der Waals surface area contributed by atoms with Gasteiger partial charge < -0.3 is 4.74 Å². The molecular weight excluding hydrogens is 295 g/mol. The molecule has 17 heavy (non-hydrogen) atoms. The molecule has 0 atom stereocenters. The van der Waals surface area contributed by atoms with E-state index >= 15 is 0 Å². The van der Waals surface area contributed by atoms with Gasteiger partial charge in [-0.25, -0.2) is 14.6 Å². The van der Waals surface area contributed by atoms with E-state index < -0.39 is 17.8 Å². The minimum absolute atomic E-state index is 0.0711. The summed E-state index contributed by atoms with van der Waals surface area (Å²) in [6.45, 7) is 1.82. The molecule has 0 aliphatic rings. The molecule has 2 N–H and O–H groups in total. The minimum atomic E-state index is -0.784. The maximum Gasteiger partial charge on any atom is 0.426 e. The van der Waals surface area contributed by atoms with Crippen LogP contribution in [0.2, 0.25) is 0 Å². The van der Waals surface area contributed by atoms with Gasteiger partial charge >= 0.3 is 6.09 Å². The molecule has 0 heterocycles. The molecule has 0 unspecified atom stereocenters. The molecule has 0 spiro atoms. The number of hydrogen-bond acceptors (Lipinski definition) is 3. The van der Waals surface area contributed by atoms with E-state index in [0.29, 0.717) is 4.47 Å². The minimum Gasteiger partial charge on any atom is -0.449 e. The molecule has 0 aliphatic heterocycles. The van der Waals surface area contributed by atoms with Crippen molar-refractivity contribution < 1.29 is 18.7 Å². The normalized spacial score (nSPS) is 9.59. The number of carbonyl (C=O) groups excluding carboxylic acids is 2. The van der Waals surface area contributed by atoms with E-state index in [2.05, 4.69) is 26.1 Å². The van der Waals surface area contributed by atoms with Gasteiger partial charge in [0.1, 0.15) is 5.82 Å². The van der Waals surface area contributed by atoms with Gasteiger partial charge in [0, 0.05) is 4.47 Å². The predicted octanol–water partition coefficient (Wildman–Crippen LogP) is 1.98. The van der Waals surface area contributed by atoms with E-state index in [-0.39, 0.29) is 12.2 Å². The first kappa shape index (κ1) is 13.4. The van der Waals surface area contributed by atoms with Crippen molar-refractivity contribution >= 4 is 27.9 Å². The fourth-order valence-electron chi connectivity index (χ4n) is 1.01. The molecule has 1 aromatic carbocycles. The third kappa shape index (κ3) is 4.03. The van der Waals surface area contributed by atoms with Crippen LogP contribution in [0.4, 0.5) is 9.18 Å². The van der Waals surface area contributed by atoms with Crippen molar-refractivity contribution in [1.29, 1.82) is 0 Å². The number of amides is 2. The van der Waals surface area contributed by atoms with Crippen LogP contribution >= 0.6 is 15.9 Å². The van der Waals surface area contributed by atoms with Crippen LogP contribution in [-0.4, -0.2) is 18.6 Å². The molecule has 7 heteroatoms. The van der Waals surface area contributed by atoms with Gasteiger partial charge in [-0.05, 0) is 41.1 Å². The summed E-state index contributed by atoms with van der Waals surface area (Å²) in [4.78, 5) is 22.4. The second-order valence-corrected chi connectivity index (χ2v) is 3.78. The highest BCUT2D eigenvalue weighted by molar-refractivity contribution is 9.10. The molecule has 2 amide bonds. The number of carbonyl (C=O) groups is 2. The number of ether oxygens (including phenoxy) is 1. The van der Waals surface area contributed by atoms with Gasteiger partial charge in [-0.1, -0.05) is 0 Å². The highest BCUT2D eigenvalue weighted by Gasteiger charge is 2.12. The van der Waals surface area contributed by atoms with Crippen LogP contribution < -0.4 is 10.9 Å². The smallest absolute Gasteiger partial charge is 0.426 e. The lowest BCUT2D eigenvalue weighted by Gasteiger charge is -2.08. The number of hydrogen-bond donors (Lipinski definition) is 2. The number of halogens is 2. The number of benzene rings is 1. The summed E-state index contributed by atoms with van der Waals surface area (Å²) in [6.07, 6.45) is -0.784. The van der Waals surface area contributed by atoms with Gasteiger partial charge in [0.05, 0.1) is 12.2 Å².